The van der Waals surface area contributed by atoms with Crippen molar-refractivity contribution < 1.29 is 4.74 Å². The van der Waals surface area contributed by atoms with Gasteiger partial charge in [-0.05, 0) is 62.8 Å². The molecule has 34 heavy (non-hydrogen) atoms. The monoisotopic (exact) mass is 471 g/mol. The summed E-state index contributed by atoms with van der Waals surface area (Å²) in [7, 11) is 0. The lowest BCUT2D eigenvalue weighted by molar-refractivity contribution is 0.426. The van der Waals surface area contributed by atoms with Gasteiger partial charge in [0.25, 0.3) is 0 Å². The van der Waals surface area contributed by atoms with Crippen molar-refractivity contribution in [1.82, 2.24) is 45.7 Å². The molecule has 11 heteroatoms. The number of hydrogen-bond acceptors (Lipinski definition) is 9. The molecule has 2 aromatic heterocycles. The van der Waals surface area contributed by atoms with Gasteiger partial charge in [-0.25, -0.2) is 0 Å². The summed E-state index contributed by atoms with van der Waals surface area (Å²) in [5, 5.41) is 28.0. The first-order chi connectivity index (χ1) is 16.9. The SMILES string of the molecule is c1ccc(-n2nnnc2Oc2cccc(CNCCSc3nnnn3-c3ccccc3)c2)cc1. The second kappa shape index (κ2) is 10.7. The number of para-hydroxylation sites is 2. The Balaban J connectivity index is 1.13. The molecular weight excluding hydrogens is 450 g/mol. The van der Waals surface area contributed by atoms with Crippen molar-refractivity contribution in [3.8, 4) is 23.1 Å². The van der Waals surface area contributed by atoms with E-state index >= 15 is 0 Å². The average molecular weight is 472 g/mol. The Hall–Kier alpha value is -4.09. The minimum Gasteiger partial charge on any atom is -0.423 e. The van der Waals surface area contributed by atoms with E-state index in [1.165, 1.54) is 0 Å². The van der Waals surface area contributed by atoms with Crippen LogP contribution in [0.4, 0.5) is 0 Å². The van der Waals surface area contributed by atoms with Gasteiger partial charge in [-0.15, -0.1) is 5.10 Å². The fourth-order valence-electron chi connectivity index (χ4n) is 3.25. The molecule has 170 valence electrons. The van der Waals surface area contributed by atoms with E-state index < -0.39 is 0 Å². The van der Waals surface area contributed by atoms with Gasteiger partial charge in [0, 0.05) is 18.8 Å². The van der Waals surface area contributed by atoms with E-state index in [0.29, 0.717) is 18.3 Å². The predicted molar refractivity (Wildman–Crippen MR) is 127 cm³/mol. The van der Waals surface area contributed by atoms with Gasteiger partial charge in [0.2, 0.25) is 5.16 Å². The zero-order valence-corrected chi connectivity index (χ0v) is 18.9. The van der Waals surface area contributed by atoms with Crippen molar-refractivity contribution in [3.63, 3.8) is 0 Å². The number of nitrogens with zero attached hydrogens (tertiary/aromatic N) is 8. The van der Waals surface area contributed by atoms with Gasteiger partial charge in [0.05, 0.1) is 11.4 Å². The maximum absolute atomic E-state index is 5.95. The van der Waals surface area contributed by atoms with Crippen LogP contribution in [0, 0.1) is 0 Å². The van der Waals surface area contributed by atoms with Gasteiger partial charge >= 0.3 is 6.01 Å². The van der Waals surface area contributed by atoms with Gasteiger partial charge in [0.1, 0.15) is 5.75 Å². The highest BCUT2D eigenvalue weighted by Gasteiger charge is 2.11. The van der Waals surface area contributed by atoms with Gasteiger partial charge in [-0.3, -0.25) is 0 Å². The molecule has 0 aliphatic carbocycles. The van der Waals surface area contributed by atoms with Crippen LogP contribution in [-0.4, -0.2) is 52.7 Å². The fourth-order valence-corrected chi connectivity index (χ4v) is 4.03. The third-order valence-corrected chi connectivity index (χ3v) is 5.75. The summed E-state index contributed by atoms with van der Waals surface area (Å²) in [6.45, 7) is 1.49. The average Bonchev–Trinajstić information content (AvgIpc) is 3.55. The van der Waals surface area contributed by atoms with Crippen LogP contribution in [-0.2, 0) is 6.54 Å². The Labute approximate surface area is 200 Å². The summed E-state index contributed by atoms with van der Waals surface area (Å²) in [6, 6.07) is 27.6. The van der Waals surface area contributed by atoms with Crippen molar-refractivity contribution in [2.24, 2.45) is 0 Å². The summed E-state index contributed by atoms with van der Waals surface area (Å²) in [6.07, 6.45) is 0. The molecule has 0 saturated carbocycles. The van der Waals surface area contributed by atoms with Crippen LogP contribution >= 0.6 is 11.8 Å². The molecular formula is C23H21N9OS. The Bertz CT molecular complexity index is 1320. The third kappa shape index (κ3) is 5.27. The Kier molecular flexibility index (Phi) is 6.83. The van der Waals surface area contributed by atoms with Crippen molar-refractivity contribution in [2.75, 3.05) is 12.3 Å². The molecule has 0 aliphatic heterocycles. The van der Waals surface area contributed by atoms with Crippen LogP contribution in [0.1, 0.15) is 5.56 Å². The normalized spacial score (nSPS) is 10.9. The van der Waals surface area contributed by atoms with Gasteiger partial charge in [-0.1, -0.05) is 65.4 Å². The Morgan fingerprint density at radius 3 is 2.26 bits per heavy atom. The lowest BCUT2D eigenvalue weighted by Crippen LogP contribution is -2.16. The van der Waals surface area contributed by atoms with Crippen LogP contribution in [0.2, 0.25) is 0 Å². The highest BCUT2D eigenvalue weighted by atomic mass is 32.2. The zero-order valence-electron chi connectivity index (χ0n) is 18.1. The smallest absolute Gasteiger partial charge is 0.345 e. The number of benzene rings is 3. The molecule has 0 fully saturated rings. The molecule has 0 saturated heterocycles. The van der Waals surface area contributed by atoms with E-state index in [4.69, 9.17) is 4.74 Å². The highest BCUT2D eigenvalue weighted by Crippen LogP contribution is 2.22. The molecule has 2 heterocycles. The summed E-state index contributed by atoms with van der Waals surface area (Å²) < 4.78 is 9.25. The van der Waals surface area contributed by atoms with E-state index in [9.17, 15) is 0 Å². The number of thioether (sulfide) groups is 1. The van der Waals surface area contributed by atoms with Crippen LogP contribution in [0.5, 0.6) is 11.8 Å². The fraction of sp³-hybridized carbons (Fsp3) is 0.130. The predicted octanol–water partition coefficient (Wildman–Crippen LogP) is 3.31. The van der Waals surface area contributed by atoms with Crippen molar-refractivity contribution in [1.29, 1.82) is 0 Å². The topological polar surface area (TPSA) is 108 Å². The second-order valence-corrected chi connectivity index (χ2v) is 8.25. The lowest BCUT2D eigenvalue weighted by Gasteiger charge is -2.09. The number of nitrogens with one attached hydrogen (secondary N) is 1. The lowest BCUT2D eigenvalue weighted by atomic mass is 10.2. The van der Waals surface area contributed by atoms with E-state index in [1.807, 2.05) is 84.9 Å². The molecule has 5 aromatic rings. The maximum atomic E-state index is 5.95. The van der Waals surface area contributed by atoms with Crippen LogP contribution in [0.15, 0.2) is 90.1 Å². The van der Waals surface area contributed by atoms with E-state index in [0.717, 1.165) is 34.4 Å². The Morgan fingerprint density at radius 1 is 0.765 bits per heavy atom. The zero-order chi connectivity index (χ0) is 23.0. The molecule has 5 rings (SSSR count). The first-order valence-corrected chi connectivity index (χ1v) is 11.6. The number of rotatable bonds is 10. The first-order valence-electron chi connectivity index (χ1n) is 10.6. The summed E-state index contributed by atoms with van der Waals surface area (Å²) in [4.78, 5) is 0. The molecule has 0 unspecified atom stereocenters. The number of tetrazole rings is 2. The second-order valence-electron chi connectivity index (χ2n) is 7.19. The number of aromatic nitrogens is 8. The Morgan fingerprint density at radius 2 is 1.47 bits per heavy atom. The highest BCUT2D eigenvalue weighted by molar-refractivity contribution is 7.99. The van der Waals surface area contributed by atoms with E-state index in [-0.39, 0.29) is 0 Å². The minimum atomic E-state index is 0.309. The van der Waals surface area contributed by atoms with Gasteiger partial charge in [0.15, 0.2) is 0 Å². The van der Waals surface area contributed by atoms with Crippen LogP contribution < -0.4 is 10.1 Å². The van der Waals surface area contributed by atoms with E-state index in [1.54, 1.807) is 21.1 Å². The molecule has 10 nitrogen and oxygen atoms in total. The van der Waals surface area contributed by atoms with Gasteiger partial charge < -0.3 is 10.1 Å². The molecule has 3 aromatic carbocycles. The van der Waals surface area contributed by atoms with Crippen LogP contribution in [0.25, 0.3) is 11.4 Å². The molecule has 0 atom stereocenters. The minimum absolute atomic E-state index is 0.309. The standard InChI is InChI=1S/C23H21N9OS/c1-3-9-19(10-4-1)31-22(25-27-29-31)33-21-13-7-8-18(16-21)17-24-14-15-34-23-26-28-30-32(23)20-11-5-2-6-12-20/h1-13,16,24H,14-15,17H2. The maximum Gasteiger partial charge on any atom is 0.345 e. The van der Waals surface area contributed by atoms with Gasteiger partial charge in [-0.2, -0.15) is 9.36 Å². The largest absolute Gasteiger partial charge is 0.423 e. The summed E-state index contributed by atoms with van der Waals surface area (Å²) >= 11 is 1.60. The third-order valence-electron chi connectivity index (χ3n) is 4.83. The quantitative estimate of drug-likeness (QED) is 0.242. The van der Waals surface area contributed by atoms with Crippen molar-refractivity contribution in [3.05, 3.63) is 90.5 Å². The summed E-state index contributed by atoms with van der Waals surface area (Å²) in [5.41, 5.74) is 2.87. The molecule has 1 N–H and O–H groups in total. The number of ether oxygens (including phenoxy) is 1. The molecule has 0 spiro atoms. The van der Waals surface area contributed by atoms with Crippen molar-refractivity contribution >= 4 is 11.8 Å². The molecule has 0 radical (unpaired) electrons. The summed E-state index contributed by atoms with van der Waals surface area (Å²) in [5.74, 6) is 1.50. The molecule has 0 aliphatic rings. The molecule has 0 amide bonds. The van der Waals surface area contributed by atoms with E-state index in [2.05, 4.69) is 36.4 Å². The van der Waals surface area contributed by atoms with Crippen molar-refractivity contribution in [2.45, 2.75) is 11.7 Å². The van der Waals surface area contributed by atoms with Crippen LogP contribution in [0.3, 0.4) is 0 Å². The molecule has 0 bridgehead atoms. The number of hydrogen-bond donors (Lipinski definition) is 1. The first kappa shape index (κ1) is 21.7.